The third-order valence-electron chi connectivity index (χ3n) is 2.43. The zero-order chi connectivity index (χ0) is 11.1. The number of aryl methyl sites for hydroxylation is 2. The van der Waals surface area contributed by atoms with Crippen molar-refractivity contribution < 1.29 is 4.74 Å². The van der Waals surface area contributed by atoms with Crippen LogP contribution in [0, 0.1) is 6.92 Å². The number of nitrogens with one attached hydrogen (secondary N) is 1. The molecule has 0 saturated heterocycles. The van der Waals surface area contributed by atoms with Gasteiger partial charge in [0.1, 0.15) is 5.75 Å². The highest BCUT2D eigenvalue weighted by Crippen LogP contribution is 2.19. The first-order valence-electron chi connectivity index (χ1n) is 5.65. The molecule has 0 fully saturated rings. The summed E-state index contributed by atoms with van der Waals surface area (Å²) < 4.78 is 5.50. The maximum Gasteiger partial charge on any atom is 0.122 e. The molecular weight excluding hydrogens is 186 g/mol. The fourth-order valence-corrected chi connectivity index (χ4v) is 1.65. The average molecular weight is 207 g/mol. The quantitative estimate of drug-likeness (QED) is 0.724. The Hall–Kier alpha value is -1.02. The van der Waals surface area contributed by atoms with Crippen LogP contribution in [-0.2, 0) is 6.42 Å². The molecule has 84 valence electrons. The van der Waals surface area contributed by atoms with Gasteiger partial charge in [-0.1, -0.05) is 12.1 Å². The Kier molecular flexibility index (Phi) is 5.19. The topological polar surface area (TPSA) is 21.3 Å². The maximum absolute atomic E-state index is 5.50. The smallest absolute Gasteiger partial charge is 0.122 e. The van der Waals surface area contributed by atoms with Crippen molar-refractivity contribution in [1.29, 1.82) is 0 Å². The Morgan fingerprint density at radius 3 is 2.73 bits per heavy atom. The molecule has 0 unspecified atom stereocenters. The number of benzene rings is 1. The van der Waals surface area contributed by atoms with Gasteiger partial charge in [0.05, 0.1) is 6.61 Å². The monoisotopic (exact) mass is 207 g/mol. The Labute approximate surface area is 92.6 Å². The molecule has 1 aromatic carbocycles. The first-order chi connectivity index (χ1) is 7.27. The Morgan fingerprint density at radius 1 is 1.33 bits per heavy atom. The van der Waals surface area contributed by atoms with Crippen LogP contribution in [0.2, 0.25) is 0 Å². The molecular formula is C13H21NO. The molecule has 1 aromatic rings. The highest BCUT2D eigenvalue weighted by Gasteiger charge is 2.00. The van der Waals surface area contributed by atoms with E-state index in [1.54, 1.807) is 0 Å². The summed E-state index contributed by atoms with van der Waals surface area (Å²) >= 11 is 0. The lowest BCUT2D eigenvalue weighted by molar-refractivity contribution is 0.338. The predicted molar refractivity (Wildman–Crippen MR) is 64.6 cm³/mol. The highest BCUT2D eigenvalue weighted by atomic mass is 16.5. The highest BCUT2D eigenvalue weighted by molar-refractivity contribution is 5.36. The molecule has 0 bridgehead atoms. The Bertz CT molecular complexity index is 297. The largest absolute Gasteiger partial charge is 0.494 e. The molecule has 0 aliphatic carbocycles. The molecule has 2 nitrogen and oxygen atoms in total. The second-order valence-electron chi connectivity index (χ2n) is 3.74. The third kappa shape index (κ3) is 3.92. The molecule has 0 aromatic heterocycles. The van der Waals surface area contributed by atoms with Gasteiger partial charge in [0.2, 0.25) is 0 Å². The van der Waals surface area contributed by atoms with Crippen LogP contribution in [0.1, 0.15) is 24.5 Å². The van der Waals surface area contributed by atoms with Crippen LogP contribution in [-0.4, -0.2) is 20.2 Å². The van der Waals surface area contributed by atoms with Gasteiger partial charge in [-0.15, -0.1) is 0 Å². The van der Waals surface area contributed by atoms with Gasteiger partial charge in [0, 0.05) is 0 Å². The summed E-state index contributed by atoms with van der Waals surface area (Å²) in [6.07, 6.45) is 2.32. The molecule has 0 saturated carbocycles. The molecule has 2 heteroatoms. The molecule has 15 heavy (non-hydrogen) atoms. The van der Waals surface area contributed by atoms with E-state index in [9.17, 15) is 0 Å². The summed E-state index contributed by atoms with van der Waals surface area (Å²) in [5, 5.41) is 3.16. The van der Waals surface area contributed by atoms with Gasteiger partial charge in [-0.05, 0) is 57.5 Å². The average Bonchev–Trinajstić information content (AvgIpc) is 2.23. The summed E-state index contributed by atoms with van der Waals surface area (Å²) in [6.45, 7) is 5.93. The van der Waals surface area contributed by atoms with Gasteiger partial charge in [0.25, 0.3) is 0 Å². The lowest BCUT2D eigenvalue weighted by Crippen LogP contribution is -2.08. The van der Waals surface area contributed by atoms with E-state index in [-0.39, 0.29) is 0 Å². The summed E-state index contributed by atoms with van der Waals surface area (Å²) in [5.74, 6) is 1.01. The van der Waals surface area contributed by atoms with E-state index < -0.39 is 0 Å². The molecule has 1 N–H and O–H groups in total. The van der Waals surface area contributed by atoms with E-state index in [0.717, 1.165) is 25.3 Å². The lowest BCUT2D eigenvalue weighted by Gasteiger charge is -2.09. The first kappa shape index (κ1) is 12.1. The van der Waals surface area contributed by atoms with Gasteiger partial charge < -0.3 is 10.1 Å². The van der Waals surface area contributed by atoms with Crippen LogP contribution in [0.3, 0.4) is 0 Å². The number of ether oxygens (including phenoxy) is 1. The number of rotatable bonds is 6. The van der Waals surface area contributed by atoms with Gasteiger partial charge in [0.15, 0.2) is 0 Å². The fourth-order valence-electron chi connectivity index (χ4n) is 1.65. The van der Waals surface area contributed by atoms with Crippen LogP contribution in [0.4, 0.5) is 0 Å². The van der Waals surface area contributed by atoms with E-state index >= 15 is 0 Å². The zero-order valence-electron chi connectivity index (χ0n) is 9.97. The Morgan fingerprint density at radius 2 is 2.13 bits per heavy atom. The maximum atomic E-state index is 5.50. The van der Waals surface area contributed by atoms with Crippen molar-refractivity contribution in [3.8, 4) is 5.75 Å². The van der Waals surface area contributed by atoms with Crippen LogP contribution in [0.5, 0.6) is 5.75 Å². The van der Waals surface area contributed by atoms with E-state index in [4.69, 9.17) is 4.74 Å². The van der Waals surface area contributed by atoms with E-state index in [2.05, 4.69) is 30.4 Å². The summed E-state index contributed by atoms with van der Waals surface area (Å²) in [6, 6.07) is 6.46. The number of hydrogen-bond donors (Lipinski definition) is 1. The van der Waals surface area contributed by atoms with Crippen molar-refractivity contribution in [2.45, 2.75) is 26.7 Å². The SMILES string of the molecule is CCOc1ccc(CCCNC)cc1C. The molecule has 0 atom stereocenters. The zero-order valence-corrected chi connectivity index (χ0v) is 9.97. The van der Waals surface area contributed by atoms with E-state index in [1.807, 2.05) is 14.0 Å². The van der Waals surface area contributed by atoms with Gasteiger partial charge >= 0.3 is 0 Å². The predicted octanol–water partition coefficient (Wildman–Crippen LogP) is 2.55. The minimum atomic E-state index is 0.736. The van der Waals surface area contributed by atoms with Crippen molar-refractivity contribution in [3.63, 3.8) is 0 Å². The fraction of sp³-hybridized carbons (Fsp3) is 0.538. The van der Waals surface area contributed by atoms with Crippen LogP contribution < -0.4 is 10.1 Å². The van der Waals surface area contributed by atoms with Gasteiger partial charge in [-0.2, -0.15) is 0 Å². The van der Waals surface area contributed by atoms with Gasteiger partial charge in [-0.25, -0.2) is 0 Å². The summed E-state index contributed by atoms with van der Waals surface area (Å²) in [4.78, 5) is 0. The second kappa shape index (κ2) is 6.46. The lowest BCUT2D eigenvalue weighted by atomic mass is 10.1. The van der Waals surface area contributed by atoms with Crippen LogP contribution >= 0.6 is 0 Å². The molecule has 0 heterocycles. The minimum absolute atomic E-state index is 0.736. The number of hydrogen-bond acceptors (Lipinski definition) is 2. The standard InChI is InChI=1S/C13H21NO/c1-4-15-13-8-7-12(10-11(13)2)6-5-9-14-3/h7-8,10,14H,4-6,9H2,1-3H3. The van der Waals surface area contributed by atoms with Crippen molar-refractivity contribution in [2.24, 2.45) is 0 Å². The molecule has 0 aliphatic rings. The van der Waals surface area contributed by atoms with Crippen molar-refractivity contribution >= 4 is 0 Å². The van der Waals surface area contributed by atoms with E-state index in [0.29, 0.717) is 0 Å². The normalized spacial score (nSPS) is 10.3. The van der Waals surface area contributed by atoms with Crippen LogP contribution in [0.25, 0.3) is 0 Å². The molecule has 0 amide bonds. The Balaban J connectivity index is 2.56. The molecule has 0 aliphatic heterocycles. The van der Waals surface area contributed by atoms with Crippen molar-refractivity contribution in [2.75, 3.05) is 20.2 Å². The van der Waals surface area contributed by atoms with Crippen molar-refractivity contribution in [1.82, 2.24) is 5.32 Å². The first-order valence-corrected chi connectivity index (χ1v) is 5.65. The molecule has 1 rings (SSSR count). The van der Waals surface area contributed by atoms with Crippen LogP contribution in [0.15, 0.2) is 18.2 Å². The summed E-state index contributed by atoms with van der Waals surface area (Å²) in [7, 11) is 1.99. The molecule has 0 radical (unpaired) electrons. The summed E-state index contributed by atoms with van der Waals surface area (Å²) in [5.41, 5.74) is 2.63. The van der Waals surface area contributed by atoms with Gasteiger partial charge in [-0.3, -0.25) is 0 Å². The van der Waals surface area contributed by atoms with Crippen molar-refractivity contribution in [3.05, 3.63) is 29.3 Å². The third-order valence-corrected chi connectivity index (χ3v) is 2.43. The second-order valence-corrected chi connectivity index (χ2v) is 3.74. The minimum Gasteiger partial charge on any atom is -0.494 e. The molecule has 0 spiro atoms. The van der Waals surface area contributed by atoms with E-state index in [1.165, 1.54) is 17.5 Å².